The molecule has 0 spiro atoms. The van der Waals surface area contributed by atoms with Crippen LogP contribution in [0.4, 0.5) is 0 Å². The Bertz CT molecular complexity index is 512. The van der Waals surface area contributed by atoms with Crippen molar-refractivity contribution in [1.82, 2.24) is 4.90 Å². The predicted molar refractivity (Wildman–Crippen MR) is 57.6 cm³/mol. The molecule has 2 fully saturated rings. The molecule has 7 heteroatoms. The minimum Gasteiger partial charge on any atom is -0.468 e. The van der Waals surface area contributed by atoms with Gasteiger partial charge in [-0.2, -0.15) is 0 Å². The van der Waals surface area contributed by atoms with Crippen LogP contribution in [0, 0.1) is 16.2 Å². The Kier molecular flexibility index (Phi) is 2.02. The van der Waals surface area contributed by atoms with Crippen LogP contribution in [0.1, 0.15) is 13.8 Å². The van der Waals surface area contributed by atoms with Gasteiger partial charge >= 0.3 is 5.97 Å². The standard InChI is InChI=1S/C11H14N2O5/c1-9(2)10(5(12)14)6(15)13(3)7(16)11(9,10)8(17)18-4/h1-4H3,(H2,12,14). The number of carbonyl (C=O) groups excluding carboxylic acids is 4. The Morgan fingerprint density at radius 2 is 1.61 bits per heavy atom. The first-order chi connectivity index (χ1) is 8.15. The van der Waals surface area contributed by atoms with Gasteiger partial charge in [-0.05, 0) is 0 Å². The van der Waals surface area contributed by atoms with Gasteiger partial charge in [-0.25, -0.2) is 0 Å². The van der Waals surface area contributed by atoms with E-state index in [9.17, 15) is 19.2 Å². The highest BCUT2D eigenvalue weighted by Gasteiger charge is 3.00. The summed E-state index contributed by atoms with van der Waals surface area (Å²) in [7, 11) is 2.33. The maximum Gasteiger partial charge on any atom is 0.323 e. The molecular weight excluding hydrogens is 240 g/mol. The predicted octanol–water partition coefficient (Wildman–Crippen LogP) is -1.34. The Hall–Kier alpha value is -1.92. The average molecular weight is 254 g/mol. The van der Waals surface area contributed by atoms with Gasteiger partial charge in [-0.15, -0.1) is 0 Å². The third-order valence-corrected chi connectivity index (χ3v) is 4.49. The number of primary amides is 1. The number of likely N-dealkylation sites (tertiary alicyclic amines) is 1. The highest BCUT2D eigenvalue weighted by atomic mass is 16.5. The fourth-order valence-electron chi connectivity index (χ4n) is 3.57. The Morgan fingerprint density at radius 3 is 2.00 bits per heavy atom. The molecule has 1 heterocycles. The van der Waals surface area contributed by atoms with Gasteiger partial charge in [0, 0.05) is 12.5 Å². The van der Waals surface area contributed by atoms with Crippen LogP contribution in [0.5, 0.6) is 0 Å². The number of nitrogens with two attached hydrogens (primary N) is 1. The average Bonchev–Trinajstić information content (AvgIpc) is 2.70. The molecule has 1 aliphatic heterocycles. The van der Waals surface area contributed by atoms with Gasteiger partial charge in [-0.1, -0.05) is 13.8 Å². The van der Waals surface area contributed by atoms with Crippen LogP contribution < -0.4 is 5.73 Å². The Balaban J connectivity index is 2.77. The monoisotopic (exact) mass is 254 g/mol. The number of imide groups is 1. The number of hydrogen-bond donors (Lipinski definition) is 1. The molecule has 1 saturated heterocycles. The van der Waals surface area contributed by atoms with E-state index in [1.54, 1.807) is 0 Å². The molecule has 2 aliphatic rings. The first-order valence-electron chi connectivity index (χ1n) is 5.36. The Labute approximate surface area is 103 Å². The molecule has 0 aromatic carbocycles. The van der Waals surface area contributed by atoms with E-state index in [0.717, 1.165) is 12.0 Å². The second kappa shape index (κ2) is 2.90. The second-order valence-electron chi connectivity index (χ2n) is 5.15. The summed E-state index contributed by atoms with van der Waals surface area (Å²) in [5.41, 5.74) is 0.495. The zero-order valence-electron chi connectivity index (χ0n) is 10.6. The number of nitrogens with zero attached hydrogens (tertiary/aromatic N) is 1. The smallest absolute Gasteiger partial charge is 0.323 e. The lowest BCUT2D eigenvalue weighted by Gasteiger charge is -2.21. The summed E-state index contributed by atoms with van der Waals surface area (Å²) in [5.74, 6) is -3.34. The largest absolute Gasteiger partial charge is 0.468 e. The van der Waals surface area contributed by atoms with Gasteiger partial charge in [0.05, 0.1) is 7.11 Å². The van der Waals surface area contributed by atoms with E-state index in [1.807, 2.05) is 0 Å². The van der Waals surface area contributed by atoms with Gasteiger partial charge in [0.15, 0.2) is 10.8 Å². The molecule has 1 saturated carbocycles. The molecule has 2 unspecified atom stereocenters. The van der Waals surface area contributed by atoms with E-state index in [0.29, 0.717) is 0 Å². The molecular formula is C11H14N2O5. The van der Waals surface area contributed by atoms with Crippen molar-refractivity contribution in [2.45, 2.75) is 13.8 Å². The fraction of sp³-hybridized carbons (Fsp3) is 0.636. The maximum atomic E-state index is 12.2. The van der Waals surface area contributed by atoms with Crippen LogP contribution in [0.25, 0.3) is 0 Å². The summed E-state index contributed by atoms with van der Waals surface area (Å²) in [6.07, 6.45) is 0. The zero-order valence-corrected chi connectivity index (χ0v) is 10.6. The highest BCUT2D eigenvalue weighted by molar-refractivity contribution is 6.33. The number of rotatable bonds is 2. The number of methoxy groups -OCH3 is 1. The number of fused-ring (bicyclic) bond motifs is 1. The number of esters is 1. The van der Waals surface area contributed by atoms with E-state index in [1.165, 1.54) is 20.9 Å². The lowest BCUT2D eigenvalue weighted by molar-refractivity contribution is -0.156. The molecule has 0 aromatic heterocycles. The normalized spacial score (nSPS) is 36.3. The van der Waals surface area contributed by atoms with E-state index in [-0.39, 0.29) is 0 Å². The minimum absolute atomic E-state index is 0.733. The minimum atomic E-state index is -1.82. The number of hydrogen-bond acceptors (Lipinski definition) is 5. The van der Waals surface area contributed by atoms with Crippen molar-refractivity contribution in [2.24, 2.45) is 22.0 Å². The van der Waals surface area contributed by atoms with Crippen molar-refractivity contribution in [3.8, 4) is 0 Å². The van der Waals surface area contributed by atoms with Gasteiger partial charge in [-0.3, -0.25) is 24.1 Å². The van der Waals surface area contributed by atoms with Crippen LogP contribution in [0.15, 0.2) is 0 Å². The van der Waals surface area contributed by atoms with Gasteiger partial charge in [0.2, 0.25) is 17.7 Å². The summed E-state index contributed by atoms with van der Waals surface area (Å²) in [6.45, 7) is 2.99. The van der Waals surface area contributed by atoms with Gasteiger partial charge in [0.25, 0.3) is 0 Å². The summed E-state index contributed by atoms with van der Waals surface area (Å²) in [4.78, 5) is 48.8. The van der Waals surface area contributed by atoms with Gasteiger partial charge in [0.1, 0.15) is 0 Å². The summed E-state index contributed by atoms with van der Waals surface area (Å²) in [5, 5.41) is 0. The Morgan fingerprint density at radius 1 is 1.17 bits per heavy atom. The third-order valence-electron chi connectivity index (χ3n) is 4.49. The second-order valence-corrected chi connectivity index (χ2v) is 5.15. The van der Waals surface area contributed by atoms with Crippen LogP contribution in [-0.2, 0) is 23.9 Å². The molecule has 98 valence electrons. The lowest BCUT2D eigenvalue weighted by Crippen LogP contribution is -2.42. The van der Waals surface area contributed by atoms with E-state index in [4.69, 9.17) is 5.73 Å². The summed E-state index contributed by atoms with van der Waals surface area (Å²) < 4.78 is 4.61. The first-order valence-corrected chi connectivity index (χ1v) is 5.36. The molecule has 2 atom stereocenters. The zero-order chi connectivity index (χ0) is 14.1. The first kappa shape index (κ1) is 12.5. The molecule has 3 amide bonds. The molecule has 0 radical (unpaired) electrons. The van der Waals surface area contributed by atoms with Crippen LogP contribution in [-0.4, -0.2) is 42.7 Å². The lowest BCUT2D eigenvalue weighted by atomic mass is 9.94. The third kappa shape index (κ3) is 0.739. The van der Waals surface area contributed by atoms with Crippen molar-refractivity contribution in [3.05, 3.63) is 0 Å². The fourth-order valence-corrected chi connectivity index (χ4v) is 3.57. The van der Waals surface area contributed by atoms with Crippen LogP contribution >= 0.6 is 0 Å². The molecule has 0 bridgehead atoms. The van der Waals surface area contributed by atoms with Crippen molar-refractivity contribution < 1.29 is 23.9 Å². The van der Waals surface area contributed by atoms with E-state index < -0.39 is 39.9 Å². The van der Waals surface area contributed by atoms with E-state index in [2.05, 4.69) is 4.74 Å². The van der Waals surface area contributed by atoms with E-state index >= 15 is 0 Å². The van der Waals surface area contributed by atoms with Crippen molar-refractivity contribution in [3.63, 3.8) is 0 Å². The molecule has 18 heavy (non-hydrogen) atoms. The van der Waals surface area contributed by atoms with Crippen molar-refractivity contribution in [2.75, 3.05) is 14.2 Å². The molecule has 2 N–H and O–H groups in total. The van der Waals surface area contributed by atoms with Crippen LogP contribution in [0.3, 0.4) is 0 Å². The van der Waals surface area contributed by atoms with Gasteiger partial charge < -0.3 is 10.5 Å². The number of piperidine rings is 1. The van der Waals surface area contributed by atoms with Crippen LogP contribution in [0.2, 0.25) is 0 Å². The summed E-state index contributed by atoms with van der Waals surface area (Å²) in [6, 6.07) is 0. The molecule has 7 nitrogen and oxygen atoms in total. The molecule has 2 rings (SSSR count). The maximum absolute atomic E-state index is 12.2. The topological polar surface area (TPSA) is 107 Å². The van der Waals surface area contributed by atoms with Crippen molar-refractivity contribution in [1.29, 1.82) is 0 Å². The SMILES string of the molecule is COC(=O)C12C(=O)N(C)C(=O)C1(C(N)=O)C2(C)C. The number of amides is 3. The quantitative estimate of drug-likeness (QED) is 0.372. The highest BCUT2D eigenvalue weighted by Crippen LogP contribution is 2.82. The molecule has 1 aliphatic carbocycles. The van der Waals surface area contributed by atoms with Crippen molar-refractivity contribution >= 4 is 23.7 Å². The number of carbonyl (C=O) groups is 4. The molecule has 0 aromatic rings. The number of ether oxygens (including phenoxy) is 1. The summed E-state index contributed by atoms with van der Waals surface area (Å²) >= 11 is 0.